The minimum atomic E-state index is 0.0193. The third-order valence-corrected chi connectivity index (χ3v) is 3.85. The van der Waals surface area contributed by atoms with Gasteiger partial charge in [0.25, 0.3) is 0 Å². The largest absolute Gasteiger partial charge is 0.323 e. The van der Waals surface area contributed by atoms with Crippen molar-refractivity contribution in [1.82, 2.24) is 10.2 Å². The fourth-order valence-electron chi connectivity index (χ4n) is 3.00. The Labute approximate surface area is 92.2 Å². The van der Waals surface area contributed by atoms with Gasteiger partial charge in [0.2, 0.25) is 5.91 Å². The first kappa shape index (κ1) is 10.9. The summed E-state index contributed by atoms with van der Waals surface area (Å²) < 4.78 is 0. The van der Waals surface area contributed by atoms with Gasteiger partial charge in [0.05, 0.1) is 12.2 Å². The highest BCUT2D eigenvalue weighted by molar-refractivity contribution is 5.84. The Balaban J connectivity index is 2.08. The van der Waals surface area contributed by atoms with Crippen molar-refractivity contribution in [2.45, 2.75) is 64.7 Å². The standard InChI is InChI=1S/C12H22N2O/c1-4-11-13-9(3)12(15)14(11)10-6-5-8(2)7-10/h8-11,13H,4-7H2,1-3H3. The Bertz CT molecular complexity index is 254. The third kappa shape index (κ3) is 1.89. The lowest BCUT2D eigenvalue weighted by atomic mass is 10.1. The average molecular weight is 210 g/mol. The van der Waals surface area contributed by atoms with Crippen molar-refractivity contribution in [3.63, 3.8) is 0 Å². The average Bonchev–Trinajstić information content (AvgIpc) is 2.73. The van der Waals surface area contributed by atoms with E-state index in [4.69, 9.17) is 0 Å². The van der Waals surface area contributed by atoms with E-state index in [0.717, 1.165) is 12.3 Å². The van der Waals surface area contributed by atoms with Crippen molar-refractivity contribution in [2.75, 3.05) is 0 Å². The first-order chi connectivity index (χ1) is 7.13. The molecule has 0 aromatic rings. The predicted molar refractivity (Wildman–Crippen MR) is 60.3 cm³/mol. The first-order valence-electron chi connectivity index (χ1n) is 6.21. The van der Waals surface area contributed by atoms with Gasteiger partial charge in [-0.3, -0.25) is 10.1 Å². The van der Waals surface area contributed by atoms with E-state index in [-0.39, 0.29) is 12.2 Å². The Morgan fingerprint density at radius 2 is 2.13 bits per heavy atom. The van der Waals surface area contributed by atoms with Gasteiger partial charge in [-0.05, 0) is 38.5 Å². The Kier molecular flexibility index (Phi) is 3.01. The van der Waals surface area contributed by atoms with Crippen LogP contribution in [0.2, 0.25) is 0 Å². The van der Waals surface area contributed by atoms with Gasteiger partial charge in [-0.15, -0.1) is 0 Å². The lowest BCUT2D eigenvalue weighted by Gasteiger charge is -2.29. The molecule has 1 N–H and O–H groups in total. The number of carbonyl (C=O) groups excluding carboxylic acids is 1. The molecule has 2 aliphatic rings. The van der Waals surface area contributed by atoms with Gasteiger partial charge in [-0.25, -0.2) is 0 Å². The van der Waals surface area contributed by atoms with Crippen LogP contribution in [0.25, 0.3) is 0 Å². The highest BCUT2D eigenvalue weighted by Crippen LogP contribution is 2.32. The summed E-state index contributed by atoms with van der Waals surface area (Å²) in [6.07, 6.45) is 4.96. The minimum absolute atomic E-state index is 0.0193. The smallest absolute Gasteiger partial charge is 0.240 e. The maximum atomic E-state index is 12.0. The number of amides is 1. The summed E-state index contributed by atoms with van der Waals surface area (Å²) in [7, 11) is 0. The summed E-state index contributed by atoms with van der Waals surface area (Å²) in [5.41, 5.74) is 0. The minimum Gasteiger partial charge on any atom is -0.323 e. The second-order valence-corrected chi connectivity index (χ2v) is 5.13. The summed E-state index contributed by atoms with van der Waals surface area (Å²) in [4.78, 5) is 14.2. The summed E-state index contributed by atoms with van der Waals surface area (Å²) in [6, 6.07) is 0.515. The van der Waals surface area contributed by atoms with Crippen molar-refractivity contribution < 1.29 is 4.79 Å². The van der Waals surface area contributed by atoms with Crippen LogP contribution in [0.3, 0.4) is 0 Å². The van der Waals surface area contributed by atoms with Gasteiger partial charge in [-0.2, -0.15) is 0 Å². The molecule has 1 saturated carbocycles. The molecule has 0 aromatic heterocycles. The van der Waals surface area contributed by atoms with E-state index in [1.807, 2.05) is 6.92 Å². The molecule has 3 nitrogen and oxygen atoms in total. The van der Waals surface area contributed by atoms with E-state index in [1.54, 1.807) is 0 Å². The highest BCUT2D eigenvalue weighted by Gasteiger charge is 2.41. The van der Waals surface area contributed by atoms with E-state index < -0.39 is 0 Å². The molecule has 0 radical (unpaired) electrons. The molecule has 1 aliphatic heterocycles. The molecular formula is C12H22N2O. The Morgan fingerprint density at radius 1 is 1.40 bits per heavy atom. The van der Waals surface area contributed by atoms with Crippen molar-refractivity contribution in [2.24, 2.45) is 5.92 Å². The molecule has 4 unspecified atom stereocenters. The van der Waals surface area contributed by atoms with Crippen molar-refractivity contribution in [1.29, 1.82) is 0 Å². The maximum Gasteiger partial charge on any atom is 0.240 e. The fraction of sp³-hybridized carbons (Fsp3) is 0.917. The lowest BCUT2D eigenvalue weighted by molar-refractivity contribution is -0.132. The molecule has 1 saturated heterocycles. The van der Waals surface area contributed by atoms with Crippen molar-refractivity contribution in [3.05, 3.63) is 0 Å². The van der Waals surface area contributed by atoms with Gasteiger partial charge < -0.3 is 4.90 Å². The monoisotopic (exact) mass is 210 g/mol. The lowest BCUT2D eigenvalue weighted by Crippen LogP contribution is -2.43. The number of nitrogens with one attached hydrogen (secondary N) is 1. The van der Waals surface area contributed by atoms with Gasteiger partial charge in [0.1, 0.15) is 0 Å². The second-order valence-electron chi connectivity index (χ2n) is 5.13. The molecule has 86 valence electrons. The quantitative estimate of drug-likeness (QED) is 0.753. The van der Waals surface area contributed by atoms with Crippen molar-refractivity contribution in [3.8, 4) is 0 Å². The number of carbonyl (C=O) groups is 1. The molecule has 0 spiro atoms. The van der Waals surface area contributed by atoms with Crippen LogP contribution in [0.4, 0.5) is 0 Å². The number of nitrogens with zero attached hydrogens (tertiary/aromatic N) is 1. The molecule has 1 aliphatic carbocycles. The highest BCUT2D eigenvalue weighted by atomic mass is 16.2. The summed E-state index contributed by atoms with van der Waals surface area (Å²) in [5.74, 6) is 1.09. The Hall–Kier alpha value is -0.570. The van der Waals surface area contributed by atoms with Crippen LogP contribution < -0.4 is 5.32 Å². The van der Waals surface area contributed by atoms with E-state index >= 15 is 0 Å². The molecule has 15 heavy (non-hydrogen) atoms. The maximum absolute atomic E-state index is 12.0. The zero-order valence-electron chi connectivity index (χ0n) is 9.99. The number of hydrogen-bond acceptors (Lipinski definition) is 2. The number of rotatable bonds is 2. The molecular weight excluding hydrogens is 188 g/mol. The topological polar surface area (TPSA) is 32.3 Å². The van der Waals surface area contributed by atoms with Gasteiger partial charge in [-0.1, -0.05) is 13.8 Å². The molecule has 0 aromatic carbocycles. The van der Waals surface area contributed by atoms with Crippen LogP contribution in [0.15, 0.2) is 0 Å². The van der Waals surface area contributed by atoms with E-state index in [9.17, 15) is 4.79 Å². The van der Waals surface area contributed by atoms with Crippen LogP contribution in [0.5, 0.6) is 0 Å². The molecule has 2 rings (SSSR count). The molecule has 0 bridgehead atoms. The Morgan fingerprint density at radius 3 is 2.67 bits per heavy atom. The summed E-state index contributed by atoms with van der Waals surface area (Å²) in [6.45, 7) is 6.41. The van der Waals surface area contributed by atoms with Crippen LogP contribution in [-0.2, 0) is 4.79 Å². The second kappa shape index (κ2) is 4.12. The van der Waals surface area contributed by atoms with E-state index in [2.05, 4.69) is 24.1 Å². The van der Waals surface area contributed by atoms with Crippen molar-refractivity contribution >= 4 is 5.91 Å². The zero-order valence-corrected chi connectivity index (χ0v) is 9.99. The predicted octanol–water partition coefficient (Wildman–Crippen LogP) is 1.73. The molecule has 1 amide bonds. The molecule has 1 heterocycles. The summed E-state index contributed by atoms with van der Waals surface area (Å²) >= 11 is 0. The summed E-state index contributed by atoms with van der Waals surface area (Å²) in [5, 5.41) is 3.37. The van der Waals surface area contributed by atoms with Crippen LogP contribution in [0.1, 0.15) is 46.5 Å². The normalized spacial score (nSPS) is 41.5. The SMILES string of the molecule is CCC1NC(C)C(=O)N1C1CCC(C)C1. The third-order valence-electron chi connectivity index (χ3n) is 3.85. The first-order valence-corrected chi connectivity index (χ1v) is 6.21. The van der Waals surface area contributed by atoms with Gasteiger partial charge in [0.15, 0.2) is 0 Å². The molecule has 4 atom stereocenters. The molecule has 3 heteroatoms. The molecule has 2 fully saturated rings. The van der Waals surface area contributed by atoms with Gasteiger partial charge >= 0.3 is 0 Å². The zero-order chi connectivity index (χ0) is 11.0. The van der Waals surface area contributed by atoms with E-state index in [1.165, 1.54) is 19.3 Å². The fourth-order valence-corrected chi connectivity index (χ4v) is 3.00. The van der Waals surface area contributed by atoms with Crippen LogP contribution >= 0.6 is 0 Å². The van der Waals surface area contributed by atoms with E-state index in [0.29, 0.717) is 11.9 Å². The number of hydrogen-bond donors (Lipinski definition) is 1. The van der Waals surface area contributed by atoms with Crippen LogP contribution in [0, 0.1) is 5.92 Å². The van der Waals surface area contributed by atoms with Gasteiger partial charge in [0, 0.05) is 6.04 Å². The van der Waals surface area contributed by atoms with Crippen LogP contribution in [-0.4, -0.2) is 29.1 Å².